The van der Waals surface area contributed by atoms with E-state index >= 15 is 0 Å². The van der Waals surface area contributed by atoms with Crippen molar-refractivity contribution < 1.29 is 8.42 Å². The summed E-state index contributed by atoms with van der Waals surface area (Å²) in [6.07, 6.45) is 0.705. The molecule has 0 aromatic heterocycles. The molecule has 1 aliphatic rings. The molecule has 1 aromatic rings. The second-order valence-corrected chi connectivity index (χ2v) is 7.19. The fraction of sp³-hybridized carbons (Fsp3) is 0.571. The molecule has 1 N–H and O–H groups in total. The third kappa shape index (κ3) is 4.30. The van der Waals surface area contributed by atoms with Crippen LogP contribution in [0.1, 0.15) is 12.0 Å². The molecule has 106 valence electrons. The van der Waals surface area contributed by atoms with E-state index in [-0.39, 0.29) is 5.75 Å². The molecule has 1 heterocycles. The summed E-state index contributed by atoms with van der Waals surface area (Å²) in [5.41, 5.74) is 1.08. The molecule has 1 aliphatic heterocycles. The van der Waals surface area contributed by atoms with Gasteiger partial charge in [0.25, 0.3) is 0 Å². The highest BCUT2D eigenvalue weighted by molar-refractivity contribution is 7.91. The molecule has 0 aliphatic carbocycles. The van der Waals surface area contributed by atoms with Crippen molar-refractivity contribution in [3.8, 4) is 0 Å². The van der Waals surface area contributed by atoms with Gasteiger partial charge in [-0.3, -0.25) is 0 Å². The minimum atomic E-state index is -3.12. The highest BCUT2D eigenvalue weighted by Gasteiger charge is 2.15. The van der Waals surface area contributed by atoms with Crippen LogP contribution in [-0.2, 0) is 9.84 Å². The SMILES string of the molecule is Cc1ccc(S(=O)(=O)CCCN2CCNCC2)cc1. The Morgan fingerprint density at radius 3 is 2.42 bits per heavy atom. The summed E-state index contributed by atoms with van der Waals surface area (Å²) in [5, 5.41) is 3.29. The zero-order chi connectivity index (χ0) is 13.7. The van der Waals surface area contributed by atoms with Crippen LogP contribution in [0, 0.1) is 6.92 Å². The van der Waals surface area contributed by atoms with Gasteiger partial charge in [0.05, 0.1) is 10.6 Å². The van der Waals surface area contributed by atoms with E-state index in [9.17, 15) is 8.42 Å². The highest BCUT2D eigenvalue weighted by atomic mass is 32.2. The zero-order valence-electron chi connectivity index (χ0n) is 11.4. The summed E-state index contributed by atoms with van der Waals surface area (Å²) in [7, 11) is -3.12. The monoisotopic (exact) mass is 282 g/mol. The Kier molecular flexibility index (Phi) is 4.96. The van der Waals surface area contributed by atoms with E-state index < -0.39 is 9.84 Å². The maximum atomic E-state index is 12.2. The Labute approximate surface area is 115 Å². The normalized spacial score (nSPS) is 17.5. The second kappa shape index (κ2) is 6.50. The van der Waals surface area contributed by atoms with Crippen molar-refractivity contribution in [3.05, 3.63) is 29.8 Å². The molecular formula is C14H22N2O2S. The van der Waals surface area contributed by atoms with E-state index in [1.54, 1.807) is 12.1 Å². The molecule has 4 nitrogen and oxygen atoms in total. The van der Waals surface area contributed by atoms with Crippen LogP contribution >= 0.6 is 0 Å². The van der Waals surface area contributed by atoms with Crippen LogP contribution in [0.5, 0.6) is 0 Å². The van der Waals surface area contributed by atoms with Crippen LogP contribution in [0.15, 0.2) is 29.2 Å². The molecular weight excluding hydrogens is 260 g/mol. The van der Waals surface area contributed by atoms with Crippen molar-refractivity contribution in [2.45, 2.75) is 18.2 Å². The molecule has 5 heteroatoms. The van der Waals surface area contributed by atoms with Gasteiger partial charge in [0, 0.05) is 26.2 Å². The summed E-state index contributed by atoms with van der Waals surface area (Å²) in [4.78, 5) is 2.76. The average Bonchev–Trinajstić information content (AvgIpc) is 2.40. The molecule has 0 spiro atoms. The zero-order valence-corrected chi connectivity index (χ0v) is 12.2. The Hall–Kier alpha value is -0.910. The second-order valence-electron chi connectivity index (χ2n) is 5.08. The molecule has 0 amide bonds. The van der Waals surface area contributed by atoms with Crippen LogP contribution in [0.4, 0.5) is 0 Å². The summed E-state index contributed by atoms with van der Waals surface area (Å²) in [6, 6.07) is 7.11. The van der Waals surface area contributed by atoms with Gasteiger partial charge in [0.1, 0.15) is 0 Å². The standard InChI is InChI=1S/C14H22N2O2S/c1-13-3-5-14(6-4-13)19(17,18)12-2-9-16-10-7-15-8-11-16/h3-6,15H,2,7-12H2,1H3. The third-order valence-electron chi connectivity index (χ3n) is 3.48. The predicted molar refractivity (Wildman–Crippen MR) is 77.2 cm³/mol. The average molecular weight is 282 g/mol. The van der Waals surface area contributed by atoms with E-state index in [0.717, 1.165) is 38.3 Å². The van der Waals surface area contributed by atoms with E-state index in [4.69, 9.17) is 0 Å². The van der Waals surface area contributed by atoms with E-state index in [2.05, 4.69) is 10.2 Å². The summed E-state index contributed by atoms with van der Waals surface area (Å²) in [6.45, 7) is 6.87. The van der Waals surface area contributed by atoms with Crippen LogP contribution in [0.25, 0.3) is 0 Å². The van der Waals surface area contributed by atoms with Crippen molar-refractivity contribution in [1.29, 1.82) is 0 Å². The van der Waals surface area contributed by atoms with Gasteiger partial charge in [-0.25, -0.2) is 8.42 Å². The Morgan fingerprint density at radius 2 is 1.79 bits per heavy atom. The van der Waals surface area contributed by atoms with Gasteiger partial charge in [-0.2, -0.15) is 0 Å². The van der Waals surface area contributed by atoms with Gasteiger partial charge in [-0.15, -0.1) is 0 Å². The molecule has 1 saturated heterocycles. The number of piperazine rings is 1. The smallest absolute Gasteiger partial charge is 0.178 e. The summed E-state index contributed by atoms with van der Waals surface area (Å²) in [5.74, 6) is 0.236. The summed E-state index contributed by atoms with van der Waals surface area (Å²) < 4.78 is 24.3. The lowest BCUT2D eigenvalue weighted by Crippen LogP contribution is -2.44. The number of rotatable bonds is 5. The fourth-order valence-corrected chi connectivity index (χ4v) is 3.57. The van der Waals surface area contributed by atoms with Gasteiger partial charge in [-0.1, -0.05) is 17.7 Å². The first-order chi connectivity index (χ1) is 9.08. The van der Waals surface area contributed by atoms with Crippen molar-refractivity contribution in [1.82, 2.24) is 10.2 Å². The summed E-state index contributed by atoms with van der Waals surface area (Å²) >= 11 is 0. The van der Waals surface area contributed by atoms with Crippen molar-refractivity contribution in [3.63, 3.8) is 0 Å². The Balaban J connectivity index is 1.85. The number of benzene rings is 1. The maximum absolute atomic E-state index is 12.2. The molecule has 0 bridgehead atoms. The Morgan fingerprint density at radius 1 is 1.16 bits per heavy atom. The van der Waals surface area contributed by atoms with Gasteiger partial charge in [-0.05, 0) is 32.0 Å². The van der Waals surface area contributed by atoms with Crippen LogP contribution in [0.3, 0.4) is 0 Å². The van der Waals surface area contributed by atoms with Crippen molar-refractivity contribution >= 4 is 9.84 Å². The number of nitrogens with zero attached hydrogens (tertiary/aromatic N) is 1. The first-order valence-electron chi connectivity index (χ1n) is 6.80. The minimum absolute atomic E-state index is 0.236. The van der Waals surface area contributed by atoms with Gasteiger partial charge in [0.15, 0.2) is 9.84 Å². The van der Waals surface area contributed by atoms with Crippen LogP contribution in [0.2, 0.25) is 0 Å². The van der Waals surface area contributed by atoms with Crippen LogP contribution < -0.4 is 5.32 Å². The maximum Gasteiger partial charge on any atom is 0.178 e. The fourth-order valence-electron chi connectivity index (χ4n) is 2.28. The molecule has 0 saturated carbocycles. The lowest BCUT2D eigenvalue weighted by molar-refractivity contribution is 0.242. The quantitative estimate of drug-likeness (QED) is 0.877. The Bertz CT molecular complexity index is 491. The molecule has 2 rings (SSSR count). The topological polar surface area (TPSA) is 49.4 Å². The first kappa shape index (κ1) is 14.5. The van der Waals surface area contributed by atoms with E-state index in [1.165, 1.54) is 0 Å². The number of hydrogen-bond acceptors (Lipinski definition) is 4. The predicted octanol–water partition coefficient (Wildman–Crippen LogP) is 1.06. The van der Waals surface area contributed by atoms with Gasteiger partial charge in [0.2, 0.25) is 0 Å². The number of hydrogen-bond donors (Lipinski definition) is 1. The third-order valence-corrected chi connectivity index (χ3v) is 5.29. The minimum Gasteiger partial charge on any atom is -0.314 e. The van der Waals surface area contributed by atoms with Gasteiger partial charge < -0.3 is 10.2 Å². The van der Waals surface area contributed by atoms with Crippen molar-refractivity contribution in [2.75, 3.05) is 38.5 Å². The lowest BCUT2D eigenvalue weighted by atomic mass is 10.2. The molecule has 19 heavy (non-hydrogen) atoms. The molecule has 1 aromatic carbocycles. The number of aryl methyl sites for hydroxylation is 1. The van der Waals surface area contributed by atoms with E-state index in [1.807, 2.05) is 19.1 Å². The number of nitrogens with one attached hydrogen (secondary N) is 1. The highest BCUT2D eigenvalue weighted by Crippen LogP contribution is 2.13. The van der Waals surface area contributed by atoms with Crippen molar-refractivity contribution in [2.24, 2.45) is 0 Å². The number of sulfone groups is 1. The van der Waals surface area contributed by atoms with Gasteiger partial charge >= 0.3 is 0 Å². The molecule has 1 fully saturated rings. The van der Waals surface area contributed by atoms with Crippen LogP contribution in [-0.4, -0.2) is 51.8 Å². The molecule has 0 atom stereocenters. The molecule has 0 unspecified atom stereocenters. The lowest BCUT2D eigenvalue weighted by Gasteiger charge is -2.26. The van der Waals surface area contributed by atoms with E-state index in [0.29, 0.717) is 11.3 Å². The largest absolute Gasteiger partial charge is 0.314 e. The molecule has 0 radical (unpaired) electrons. The first-order valence-corrected chi connectivity index (χ1v) is 8.46.